The van der Waals surface area contributed by atoms with Gasteiger partial charge in [0.25, 0.3) is 5.56 Å². The average molecular weight is 277 g/mol. The van der Waals surface area contributed by atoms with Gasteiger partial charge in [-0.05, 0) is 25.1 Å². The smallest absolute Gasteiger partial charge is 0.335 e. The lowest BCUT2D eigenvalue weighted by atomic mass is 10.2. The van der Waals surface area contributed by atoms with Crippen molar-refractivity contribution in [1.29, 1.82) is 0 Å². The molecule has 7 heteroatoms. The summed E-state index contributed by atoms with van der Waals surface area (Å²) in [5, 5.41) is 11.3. The van der Waals surface area contributed by atoms with Crippen LogP contribution >= 0.6 is 0 Å². The topological polar surface area (TPSA) is 84.2 Å². The number of aromatic nitrogens is 2. The Morgan fingerprint density at radius 2 is 2.25 bits per heavy atom. The summed E-state index contributed by atoms with van der Waals surface area (Å²) in [7, 11) is 0. The fourth-order valence-electron chi connectivity index (χ4n) is 1.66. The van der Waals surface area contributed by atoms with Crippen LogP contribution in [0.5, 0.6) is 0 Å². The highest BCUT2D eigenvalue weighted by Gasteiger charge is 2.11. The van der Waals surface area contributed by atoms with E-state index >= 15 is 0 Å². The molecule has 0 atom stereocenters. The number of rotatable bonds is 4. The van der Waals surface area contributed by atoms with E-state index in [0.717, 1.165) is 6.07 Å². The Bertz CT molecular complexity index is 712. The fraction of sp³-hybridized carbons (Fsp3) is 0.154. The molecule has 6 nitrogen and oxygen atoms in total. The Morgan fingerprint density at radius 1 is 1.50 bits per heavy atom. The minimum absolute atomic E-state index is 0.00606. The van der Waals surface area contributed by atoms with Crippen molar-refractivity contribution in [3.05, 3.63) is 52.3 Å². The van der Waals surface area contributed by atoms with Gasteiger partial charge in [0.2, 0.25) is 0 Å². The molecule has 1 aromatic carbocycles. The summed E-state index contributed by atoms with van der Waals surface area (Å²) in [6.07, 6.45) is 2.95. The number of carbonyl (C=O) groups is 1. The standard InChI is InChI=1S/C13H12FN3O3/c1-2-17-6-5-15-11(12(17)18)16-10-4-3-8(13(19)20)7-9(10)14/h3-7H,2H2,1H3,(H,15,16)(H,19,20). The lowest BCUT2D eigenvalue weighted by molar-refractivity contribution is 0.0696. The first-order valence-corrected chi connectivity index (χ1v) is 5.88. The number of nitrogens with one attached hydrogen (secondary N) is 1. The van der Waals surface area contributed by atoms with Crippen LogP contribution < -0.4 is 10.9 Å². The summed E-state index contributed by atoms with van der Waals surface area (Å²) in [6, 6.07) is 3.38. The Balaban J connectivity index is 2.36. The predicted molar refractivity (Wildman–Crippen MR) is 70.8 cm³/mol. The van der Waals surface area contributed by atoms with Gasteiger partial charge in [0.15, 0.2) is 5.82 Å². The van der Waals surface area contributed by atoms with Crippen LogP contribution in [0.2, 0.25) is 0 Å². The molecule has 2 N–H and O–H groups in total. The zero-order valence-corrected chi connectivity index (χ0v) is 10.6. The van der Waals surface area contributed by atoms with E-state index in [4.69, 9.17) is 5.11 Å². The van der Waals surface area contributed by atoms with Crippen LogP contribution in [0.3, 0.4) is 0 Å². The van der Waals surface area contributed by atoms with Crippen LogP contribution in [-0.4, -0.2) is 20.6 Å². The quantitative estimate of drug-likeness (QED) is 0.890. The van der Waals surface area contributed by atoms with Crippen molar-refractivity contribution in [2.24, 2.45) is 0 Å². The lowest BCUT2D eigenvalue weighted by Crippen LogP contribution is -2.22. The Morgan fingerprint density at radius 3 is 2.85 bits per heavy atom. The third-order valence-corrected chi connectivity index (χ3v) is 2.72. The highest BCUT2D eigenvalue weighted by Crippen LogP contribution is 2.18. The zero-order valence-electron chi connectivity index (χ0n) is 10.6. The van der Waals surface area contributed by atoms with Crippen LogP contribution in [0.15, 0.2) is 35.4 Å². The molecule has 0 saturated heterocycles. The van der Waals surface area contributed by atoms with E-state index in [0.29, 0.717) is 6.54 Å². The summed E-state index contributed by atoms with van der Waals surface area (Å²) in [6.45, 7) is 2.27. The molecule has 0 fully saturated rings. The van der Waals surface area contributed by atoms with Gasteiger partial charge in [-0.2, -0.15) is 0 Å². The van der Waals surface area contributed by atoms with Crippen molar-refractivity contribution in [2.45, 2.75) is 13.5 Å². The van der Waals surface area contributed by atoms with Crippen molar-refractivity contribution < 1.29 is 14.3 Å². The molecule has 0 spiro atoms. The highest BCUT2D eigenvalue weighted by atomic mass is 19.1. The van der Waals surface area contributed by atoms with Gasteiger partial charge < -0.3 is 15.0 Å². The molecule has 0 unspecified atom stereocenters. The van der Waals surface area contributed by atoms with Gasteiger partial charge >= 0.3 is 5.97 Å². The van der Waals surface area contributed by atoms with Gasteiger partial charge in [0.05, 0.1) is 11.3 Å². The van der Waals surface area contributed by atoms with E-state index in [1.54, 1.807) is 6.92 Å². The van der Waals surface area contributed by atoms with E-state index in [1.807, 2.05) is 0 Å². The Kier molecular flexibility index (Phi) is 3.79. The molecule has 1 heterocycles. The first kappa shape index (κ1) is 13.7. The second-order valence-electron chi connectivity index (χ2n) is 3.99. The minimum atomic E-state index is -1.22. The number of benzene rings is 1. The van der Waals surface area contributed by atoms with Crippen LogP contribution in [0.25, 0.3) is 0 Å². The monoisotopic (exact) mass is 277 g/mol. The van der Waals surface area contributed by atoms with Crippen LogP contribution in [0.4, 0.5) is 15.9 Å². The lowest BCUT2D eigenvalue weighted by Gasteiger charge is -2.08. The van der Waals surface area contributed by atoms with E-state index in [2.05, 4.69) is 10.3 Å². The molecule has 20 heavy (non-hydrogen) atoms. The van der Waals surface area contributed by atoms with Gasteiger partial charge in [0.1, 0.15) is 5.82 Å². The maximum absolute atomic E-state index is 13.7. The maximum atomic E-state index is 13.7. The van der Waals surface area contributed by atoms with Crippen molar-refractivity contribution in [3.8, 4) is 0 Å². The van der Waals surface area contributed by atoms with Crippen molar-refractivity contribution in [3.63, 3.8) is 0 Å². The molecular formula is C13H12FN3O3. The molecule has 0 aliphatic rings. The molecule has 0 radical (unpaired) electrons. The second-order valence-corrected chi connectivity index (χ2v) is 3.99. The predicted octanol–water partition coefficient (Wildman–Crippen LogP) is 1.84. The van der Waals surface area contributed by atoms with E-state index in [-0.39, 0.29) is 22.6 Å². The number of aromatic carboxylic acids is 1. The van der Waals surface area contributed by atoms with Gasteiger partial charge in [-0.25, -0.2) is 14.2 Å². The summed E-state index contributed by atoms with van der Waals surface area (Å²) >= 11 is 0. The molecule has 1 aromatic heterocycles. The SMILES string of the molecule is CCn1ccnc(Nc2ccc(C(=O)O)cc2F)c1=O. The molecule has 0 aliphatic carbocycles. The number of halogens is 1. The van der Waals surface area contributed by atoms with Gasteiger partial charge in [-0.15, -0.1) is 0 Å². The summed E-state index contributed by atoms with van der Waals surface area (Å²) in [4.78, 5) is 26.5. The minimum Gasteiger partial charge on any atom is -0.478 e. The largest absolute Gasteiger partial charge is 0.478 e. The first-order chi connectivity index (χ1) is 9.52. The maximum Gasteiger partial charge on any atom is 0.335 e. The third-order valence-electron chi connectivity index (χ3n) is 2.72. The summed E-state index contributed by atoms with van der Waals surface area (Å²) in [5.41, 5.74) is -0.551. The second kappa shape index (κ2) is 5.52. The average Bonchev–Trinajstić information content (AvgIpc) is 2.43. The van der Waals surface area contributed by atoms with Crippen LogP contribution in [0, 0.1) is 5.82 Å². The zero-order chi connectivity index (χ0) is 14.7. The van der Waals surface area contributed by atoms with Gasteiger partial charge in [-0.3, -0.25) is 4.79 Å². The number of anilines is 2. The Labute approximate surface area is 113 Å². The molecule has 2 aromatic rings. The van der Waals surface area contributed by atoms with Crippen LogP contribution in [0.1, 0.15) is 17.3 Å². The number of hydrogen-bond donors (Lipinski definition) is 2. The van der Waals surface area contributed by atoms with Crippen LogP contribution in [-0.2, 0) is 6.54 Å². The first-order valence-electron chi connectivity index (χ1n) is 5.88. The van der Waals surface area contributed by atoms with E-state index < -0.39 is 11.8 Å². The van der Waals surface area contributed by atoms with Gasteiger partial charge in [0, 0.05) is 18.9 Å². The molecule has 0 amide bonds. The van der Waals surface area contributed by atoms with Gasteiger partial charge in [-0.1, -0.05) is 0 Å². The molecular weight excluding hydrogens is 265 g/mol. The molecule has 2 rings (SSSR count). The fourth-order valence-corrected chi connectivity index (χ4v) is 1.66. The molecule has 0 aliphatic heterocycles. The summed E-state index contributed by atoms with van der Waals surface area (Å²) in [5.74, 6) is -2.00. The highest BCUT2D eigenvalue weighted by molar-refractivity contribution is 5.88. The number of aryl methyl sites for hydroxylation is 1. The third kappa shape index (κ3) is 2.66. The number of nitrogens with zero attached hydrogens (tertiary/aromatic N) is 2. The number of carboxylic acid groups (broad SMARTS) is 1. The number of carboxylic acids is 1. The number of hydrogen-bond acceptors (Lipinski definition) is 4. The molecule has 0 saturated carbocycles. The Hall–Kier alpha value is -2.70. The van der Waals surface area contributed by atoms with E-state index in [1.165, 1.54) is 29.1 Å². The molecule has 0 bridgehead atoms. The van der Waals surface area contributed by atoms with Crippen molar-refractivity contribution >= 4 is 17.5 Å². The summed E-state index contributed by atoms with van der Waals surface area (Å²) < 4.78 is 15.2. The van der Waals surface area contributed by atoms with Crippen molar-refractivity contribution in [1.82, 2.24) is 9.55 Å². The normalized spacial score (nSPS) is 10.3. The van der Waals surface area contributed by atoms with E-state index in [9.17, 15) is 14.0 Å². The molecule has 104 valence electrons. The van der Waals surface area contributed by atoms with Crippen molar-refractivity contribution in [2.75, 3.05) is 5.32 Å².